The number of hydrogen-bond donors (Lipinski definition) is 1. The largest absolute Gasteiger partial charge is 0.355 e. The highest BCUT2D eigenvalue weighted by Crippen LogP contribution is 2.21. The van der Waals surface area contributed by atoms with Gasteiger partial charge >= 0.3 is 0 Å². The van der Waals surface area contributed by atoms with Crippen molar-refractivity contribution >= 4 is 5.95 Å². The Morgan fingerprint density at radius 1 is 1.24 bits per heavy atom. The second-order valence-corrected chi connectivity index (χ2v) is 5.52. The zero-order chi connectivity index (χ0) is 13.0. The lowest BCUT2D eigenvalue weighted by Crippen LogP contribution is -2.25. The molecule has 0 aliphatic rings. The van der Waals surface area contributed by atoms with Crippen LogP contribution in [0.25, 0.3) is 0 Å². The predicted molar refractivity (Wildman–Crippen MR) is 74.3 cm³/mol. The van der Waals surface area contributed by atoms with Crippen LogP contribution in [-0.2, 0) is 6.54 Å². The van der Waals surface area contributed by atoms with Crippen molar-refractivity contribution in [1.29, 1.82) is 0 Å². The van der Waals surface area contributed by atoms with Crippen LogP contribution in [0.4, 0.5) is 5.95 Å². The topological polar surface area (TPSA) is 29.9 Å². The van der Waals surface area contributed by atoms with Gasteiger partial charge < -0.3 is 9.88 Å². The van der Waals surface area contributed by atoms with Crippen molar-refractivity contribution in [1.82, 2.24) is 9.55 Å². The molecule has 0 atom stereocenters. The van der Waals surface area contributed by atoms with E-state index in [1.54, 1.807) is 0 Å². The van der Waals surface area contributed by atoms with Gasteiger partial charge in [-0.25, -0.2) is 4.98 Å². The van der Waals surface area contributed by atoms with E-state index in [1.807, 2.05) is 6.92 Å². The molecule has 0 aliphatic heterocycles. The second kappa shape index (κ2) is 6.08. The first-order chi connectivity index (χ1) is 7.95. The van der Waals surface area contributed by atoms with Gasteiger partial charge in [0.15, 0.2) is 0 Å². The fourth-order valence-corrected chi connectivity index (χ4v) is 2.38. The summed E-state index contributed by atoms with van der Waals surface area (Å²) in [4.78, 5) is 4.52. The first-order valence-corrected chi connectivity index (χ1v) is 6.73. The zero-order valence-corrected chi connectivity index (χ0v) is 12.1. The summed E-state index contributed by atoms with van der Waals surface area (Å²) >= 11 is 0. The van der Waals surface area contributed by atoms with E-state index in [9.17, 15) is 0 Å². The smallest absolute Gasteiger partial charge is 0.203 e. The van der Waals surface area contributed by atoms with E-state index in [0.29, 0.717) is 17.8 Å². The molecule has 1 N–H and O–H groups in total. The van der Waals surface area contributed by atoms with E-state index in [2.05, 4.69) is 55.7 Å². The van der Waals surface area contributed by atoms with Crippen LogP contribution >= 0.6 is 0 Å². The van der Waals surface area contributed by atoms with E-state index >= 15 is 0 Å². The van der Waals surface area contributed by atoms with Gasteiger partial charge in [0.2, 0.25) is 5.95 Å². The molecule has 1 aromatic heterocycles. The molecule has 0 fully saturated rings. The van der Waals surface area contributed by atoms with Gasteiger partial charge in [-0.2, -0.15) is 0 Å². The quantitative estimate of drug-likeness (QED) is 0.820. The van der Waals surface area contributed by atoms with Crippen LogP contribution in [0.2, 0.25) is 0 Å². The van der Waals surface area contributed by atoms with Crippen LogP contribution in [-0.4, -0.2) is 16.1 Å². The molecule has 3 nitrogen and oxygen atoms in total. The number of nitrogens with zero attached hydrogens (tertiary/aromatic N) is 2. The number of nitrogens with one attached hydrogen (secondary N) is 1. The summed E-state index contributed by atoms with van der Waals surface area (Å²) in [6.07, 6.45) is 2.10. The van der Waals surface area contributed by atoms with Crippen LogP contribution in [0.1, 0.15) is 40.3 Å². The fourth-order valence-electron chi connectivity index (χ4n) is 2.38. The monoisotopic (exact) mass is 237 g/mol. The van der Waals surface area contributed by atoms with E-state index in [4.69, 9.17) is 0 Å². The first kappa shape index (κ1) is 14.1. The molecule has 98 valence electrons. The van der Waals surface area contributed by atoms with Gasteiger partial charge in [0.1, 0.15) is 0 Å². The molecule has 0 unspecified atom stereocenters. The van der Waals surface area contributed by atoms with Crippen LogP contribution in [0, 0.1) is 24.7 Å². The van der Waals surface area contributed by atoms with Crippen molar-refractivity contribution < 1.29 is 0 Å². The Morgan fingerprint density at radius 2 is 1.82 bits per heavy atom. The van der Waals surface area contributed by atoms with Gasteiger partial charge in [-0.15, -0.1) is 0 Å². The Hall–Kier alpha value is -0.990. The van der Waals surface area contributed by atoms with Crippen LogP contribution < -0.4 is 5.32 Å². The van der Waals surface area contributed by atoms with Crippen molar-refractivity contribution in [3.05, 3.63) is 11.9 Å². The summed E-state index contributed by atoms with van der Waals surface area (Å²) in [5, 5.41) is 3.50. The van der Waals surface area contributed by atoms with Crippen LogP contribution in [0.3, 0.4) is 0 Å². The molecule has 0 saturated heterocycles. The SMILES string of the molecule is CCn1cc(C)nc1NCC(C(C)C)C(C)C. The lowest BCUT2D eigenvalue weighted by molar-refractivity contribution is 0.303. The highest BCUT2D eigenvalue weighted by Gasteiger charge is 2.17. The van der Waals surface area contributed by atoms with Crippen molar-refractivity contribution in [3.8, 4) is 0 Å². The molecule has 0 spiro atoms. The molecular weight excluding hydrogens is 210 g/mol. The summed E-state index contributed by atoms with van der Waals surface area (Å²) in [7, 11) is 0. The molecule has 1 aromatic rings. The van der Waals surface area contributed by atoms with E-state index in [-0.39, 0.29) is 0 Å². The van der Waals surface area contributed by atoms with Gasteiger partial charge in [0.25, 0.3) is 0 Å². The molecule has 0 aliphatic carbocycles. The van der Waals surface area contributed by atoms with Gasteiger partial charge in [0.05, 0.1) is 5.69 Å². The summed E-state index contributed by atoms with van der Waals surface area (Å²) in [5.41, 5.74) is 1.08. The summed E-state index contributed by atoms with van der Waals surface area (Å²) in [6.45, 7) is 15.3. The normalized spacial score (nSPS) is 11.8. The second-order valence-electron chi connectivity index (χ2n) is 5.52. The molecule has 1 rings (SSSR count). The lowest BCUT2D eigenvalue weighted by atomic mass is 9.85. The lowest BCUT2D eigenvalue weighted by Gasteiger charge is -2.25. The molecule has 0 aromatic carbocycles. The Bertz CT molecular complexity index is 331. The van der Waals surface area contributed by atoms with Gasteiger partial charge in [-0.3, -0.25) is 0 Å². The summed E-state index contributed by atoms with van der Waals surface area (Å²) < 4.78 is 2.17. The third-order valence-electron chi connectivity index (χ3n) is 3.45. The maximum absolute atomic E-state index is 4.52. The maximum atomic E-state index is 4.52. The minimum atomic E-state index is 0.692. The predicted octanol–water partition coefficient (Wildman–Crippen LogP) is 3.55. The fraction of sp³-hybridized carbons (Fsp3) is 0.786. The molecular formula is C14H27N3. The first-order valence-electron chi connectivity index (χ1n) is 6.73. The van der Waals surface area contributed by atoms with E-state index in [1.165, 1.54) is 0 Å². The van der Waals surface area contributed by atoms with E-state index < -0.39 is 0 Å². The van der Waals surface area contributed by atoms with Crippen molar-refractivity contribution in [3.63, 3.8) is 0 Å². The minimum Gasteiger partial charge on any atom is -0.355 e. The van der Waals surface area contributed by atoms with Crippen LogP contribution in [0.15, 0.2) is 6.20 Å². The number of aryl methyl sites for hydroxylation is 2. The summed E-state index contributed by atoms with van der Waals surface area (Å²) in [6, 6.07) is 0. The Kier molecular flexibility index (Phi) is 5.03. The standard InChI is InChI=1S/C14H27N3/c1-7-17-9-12(6)16-14(17)15-8-13(10(2)3)11(4)5/h9-11,13H,7-8H2,1-6H3,(H,15,16). The molecule has 3 heteroatoms. The molecule has 0 amide bonds. The van der Waals surface area contributed by atoms with Crippen molar-refractivity contribution in [2.75, 3.05) is 11.9 Å². The van der Waals surface area contributed by atoms with Gasteiger partial charge in [0, 0.05) is 19.3 Å². The Morgan fingerprint density at radius 3 is 2.29 bits per heavy atom. The van der Waals surface area contributed by atoms with Gasteiger partial charge in [-0.05, 0) is 31.6 Å². The molecule has 1 heterocycles. The zero-order valence-electron chi connectivity index (χ0n) is 12.1. The molecule has 17 heavy (non-hydrogen) atoms. The van der Waals surface area contributed by atoms with Crippen molar-refractivity contribution in [2.24, 2.45) is 17.8 Å². The maximum Gasteiger partial charge on any atom is 0.203 e. The molecule has 0 radical (unpaired) electrons. The molecule has 0 bridgehead atoms. The van der Waals surface area contributed by atoms with Crippen LogP contribution in [0.5, 0.6) is 0 Å². The summed E-state index contributed by atoms with van der Waals surface area (Å²) in [5.74, 6) is 3.11. The third-order valence-corrected chi connectivity index (χ3v) is 3.45. The van der Waals surface area contributed by atoms with Crippen molar-refractivity contribution in [2.45, 2.75) is 48.1 Å². The number of hydrogen-bond acceptors (Lipinski definition) is 2. The average molecular weight is 237 g/mol. The number of rotatable bonds is 6. The van der Waals surface area contributed by atoms with Gasteiger partial charge in [-0.1, -0.05) is 27.7 Å². The highest BCUT2D eigenvalue weighted by atomic mass is 15.2. The minimum absolute atomic E-state index is 0.692. The third kappa shape index (κ3) is 3.76. The number of aromatic nitrogens is 2. The number of imidazole rings is 1. The highest BCUT2D eigenvalue weighted by molar-refractivity contribution is 5.28. The Balaban J connectivity index is 2.65. The molecule has 0 saturated carbocycles. The number of anilines is 1. The Labute approximate surface area is 106 Å². The average Bonchev–Trinajstić information content (AvgIpc) is 2.58. The van der Waals surface area contributed by atoms with E-state index in [0.717, 1.165) is 24.7 Å².